The van der Waals surface area contributed by atoms with E-state index >= 15 is 0 Å². The largest absolute Gasteiger partial charge is 0.315 e. The average molecular weight is 296 g/mol. The van der Waals surface area contributed by atoms with Gasteiger partial charge in [-0.05, 0) is 20.0 Å². The highest BCUT2D eigenvalue weighted by Crippen LogP contribution is 2.23. The van der Waals surface area contributed by atoms with Gasteiger partial charge in [0.2, 0.25) is 5.82 Å². The van der Waals surface area contributed by atoms with Crippen molar-refractivity contribution in [2.45, 2.75) is 19.9 Å². The predicted molar refractivity (Wildman–Crippen MR) is 65.7 cm³/mol. The molecule has 0 aliphatic rings. The molecule has 0 aliphatic carbocycles. The molecule has 0 bridgehead atoms. The van der Waals surface area contributed by atoms with Gasteiger partial charge in [0.15, 0.2) is 23.3 Å². The van der Waals surface area contributed by atoms with Crippen molar-refractivity contribution in [3.8, 4) is 0 Å². The number of hydrogen-bond donors (Lipinski definition) is 1. The second-order valence-electron chi connectivity index (χ2n) is 4.54. The van der Waals surface area contributed by atoms with Crippen molar-refractivity contribution in [2.75, 3.05) is 26.7 Å². The molecule has 0 aromatic heterocycles. The molecule has 20 heavy (non-hydrogen) atoms. The molecule has 0 amide bonds. The van der Waals surface area contributed by atoms with Crippen LogP contribution < -0.4 is 5.32 Å². The summed E-state index contributed by atoms with van der Waals surface area (Å²) in [4.78, 5) is 1.49. The molecule has 0 atom stereocenters. The van der Waals surface area contributed by atoms with E-state index in [0.717, 1.165) is 13.0 Å². The van der Waals surface area contributed by atoms with Crippen LogP contribution in [0.15, 0.2) is 0 Å². The monoisotopic (exact) mass is 296 g/mol. The van der Waals surface area contributed by atoms with Crippen LogP contribution >= 0.6 is 0 Å². The van der Waals surface area contributed by atoms with Gasteiger partial charge in [-0.25, -0.2) is 22.0 Å². The Morgan fingerprint density at radius 3 is 1.85 bits per heavy atom. The molecular formula is C13H17F5N2. The predicted octanol–water partition coefficient (Wildman–Crippen LogP) is 2.81. The van der Waals surface area contributed by atoms with Crippen molar-refractivity contribution in [1.29, 1.82) is 0 Å². The fourth-order valence-electron chi connectivity index (χ4n) is 1.71. The molecular weight excluding hydrogens is 279 g/mol. The van der Waals surface area contributed by atoms with Crippen LogP contribution in [0.5, 0.6) is 0 Å². The summed E-state index contributed by atoms with van der Waals surface area (Å²) in [6.45, 7) is 3.45. The second kappa shape index (κ2) is 7.54. The molecule has 0 saturated heterocycles. The maximum Gasteiger partial charge on any atom is 0.200 e. The van der Waals surface area contributed by atoms with E-state index in [9.17, 15) is 22.0 Å². The number of rotatable bonds is 7. The third-order valence-electron chi connectivity index (χ3n) is 2.83. The third-order valence-corrected chi connectivity index (χ3v) is 2.83. The van der Waals surface area contributed by atoms with Crippen LogP contribution in [0.25, 0.3) is 0 Å². The SMILES string of the molecule is CCCNCCN(C)Cc1c(F)c(F)c(F)c(F)c1F. The van der Waals surface area contributed by atoms with Crippen LogP contribution in [-0.4, -0.2) is 31.6 Å². The summed E-state index contributed by atoms with van der Waals surface area (Å²) in [5.41, 5.74) is -0.806. The van der Waals surface area contributed by atoms with Crippen molar-refractivity contribution < 1.29 is 22.0 Å². The Bertz CT molecular complexity index is 436. The van der Waals surface area contributed by atoms with Gasteiger partial charge in [-0.3, -0.25) is 0 Å². The Morgan fingerprint density at radius 1 is 0.850 bits per heavy atom. The summed E-state index contributed by atoms with van der Waals surface area (Å²) < 4.78 is 65.8. The van der Waals surface area contributed by atoms with E-state index in [1.807, 2.05) is 6.92 Å². The standard InChI is InChI=1S/C13H17F5N2/c1-3-4-19-5-6-20(2)7-8-9(14)11(16)13(18)12(17)10(8)15/h19H,3-7H2,1-2H3. The second-order valence-corrected chi connectivity index (χ2v) is 4.54. The number of hydrogen-bond acceptors (Lipinski definition) is 2. The molecule has 1 aromatic carbocycles. The lowest BCUT2D eigenvalue weighted by Crippen LogP contribution is -2.30. The zero-order valence-corrected chi connectivity index (χ0v) is 11.4. The lowest BCUT2D eigenvalue weighted by molar-refractivity contribution is 0.299. The topological polar surface area (TPSA) is 15.3 Å². The van der Waals surface area contributed by atoms with Crippen LogP contribution in [0.1, 0.15) is 18.9 Å². The highest BCUT2D eigenvalue weighted by atomic mass is 19.2. The molecule has 0 unspecified atom stereocenters. The van der Waals surface area contributed by atoms with E-state index < -0.39 is 34.6 Å². The molecule has 1 aromatic rings. The first-order valence-electron chi connectivity index (χ1n) is 6.29. The number of nitrogens with zero attached hydrogens (tertiary/aromatic N) is 1. The number of benzene rings is 1. The Hall–Kier alpha value is -1.21. The minimum absolute atomic E-state index is 0.348. The van der Waals surface area contributed by atoms with Gasteiger partial charge in [-0.2, -0.15) is 0 Å². The van der Waals surface area contributed by atoms with Crippen LogP contribution in [0, 0.1) is 29.1 Å². The minimum Gasteiger partial charge on any atom is -0.315 e. The summed E-state index contributed by atoms with van der Waals surface area (Å²) in [7, 11) is 1.55. The number of nitrogens with one attached hydrogen (secondary N) is 1. The van der Waals surface area contributed by atoms with Crippen LogP contribution in [-0.2, 0) is 6.54 Å². The summed E-state index contributed by atoms with van der Waals surface area (Å²) in [5.74, 6) is -9.48. The van der Waals surface area contributed by atoms with Crippen molar-refractivity contribution >= 4 is 0 Å². The quantitative estimate of drug-likeness (QED) is 0.360. The maximum atomic E-state index is 13.4. The lowest BCUT2D eigenvalue weighted by Gasteiger charge is -2.18. The van der Waals surface area contributed by atoms with E-state index in [-0.39, 0.29) is 6.54 Å². The van der Waals surface area contributed by atoms with Crippen LogP contribution in [0.3, 0.4) is 0 Å². The maximum absolute atomic E-state index is 13.4. The van der Waals surface area contributed by atoms with Crippen LogP contribution in [0.4, 0.5) is 22.0 Å². The Labute approximate surface area is 114 Å². The van der Waals surface area contributed by atoms with E-state index in [2.05, 4.69) is 5.32 Å². The summed E-state index contributed by atoms with van der Waals surface area (Å²) in [6.07, 6.45) is 0.946. The molecule has 0 spiro atoms. The molecule has 1 N–H and O–H groups in total. The molecule has 0 radical (unpaired) electrons. The van der Waals surface area contributed by atoms with Gasteiger partial charge in [0.1, 0.15) is 0 Å². The van der Waals surface area contributed by atoms with Crippen molar-refractivity contribution in [3.63, 3.8) is 0 Å². The average Bonchev–Trinajstić information content (AvgIpc) is 2.44. The van der Waals surface area contributed by atoms with E-state index in [1.165, 1.54) is 4.90 Å². The summed E-state index contributed by atoms with van der Waals surface area (Å²) in [5, 5.41) is 3.08. The Morgan fingerprint density at radius 2 is 1.35 bits per heavy atom. The van der Waals surface area contributed by atoms with E-state index in [1.54, 1.807) is 7.05 Å². The Balaban J connectivity index is 2.77. The third kappa shape index (κ3) is 3.89. The molecule has 0 fully saturated rings. The molecule has 0 aliphatic heterocycles. The Kier molecular flexibility index (Phi) is 6.35. The normalized spacial score (nSPS) is 11.4. The van der Waals surface area contributed by atoms with Gasteiger partial charge in [0, 0.05) is 25.2 Å². The molecule has 7 heteroatoms. The first-order valence-corrected chi connectivity index (χ1v) is 6.29. The van der Waals surface area contributed by atoms with E-state index in [4.69, 9.17) is 0 Å². The van der Waals surface area contributed by atoms with Gasteiger partial charge in [0.05, 0.1) is 0 Å². The lowest BCUT2D eigenvalue weighted by atomic mass is 10.1. The van der Waals surface area contributed by atoms with Crippen LogP contribution in [0.2, 0.25) is 0 Å². The van der Waals surface area contributed by atoms with Gasteiger partial charge >= 0.3 is 0 Å². The summed E-state index contributed by atoms with van der Waals surface area (Å²) in [6, 6.07) is 0. The zero-order valence-electron chi connectivity index (χ0n) is 11.4. The first kappa shape index (κ1) is 16.8. The molecule has 114 valence electrons. The van der Waals surface area contributed by atoms with Crippen molar-refractivity contribution in [2.24, 2.45) is 0 Å². The highest BCUT2D eigenvalue weighted by molar-refractivity contribution is 5.24. The molecule has 2 nitrogen and oxygen atoms in total. The molecule has 0 saturated carbocycles. The zero-order chi connectivity index (χ0) is 15.3. The minimum atomic E-state index is -2.13. The highest BCUT2D eigenvalue weighted by Gasteiger charge is 2.25. The van der Waals surface area contributed by atoms with Gasteiger partial charge < -0.3 is 10.2 Å². The van der Waals surface area contributed by atoms with Crippen molar-refractivity contribution in [1.82, 2.24) is 10.2 Å². The van der Waals surface area contributed by atoms with Gasteiger partial charge in [-0.1, -0.05) is 6.92 Å². The molecule has 0 heterocycles. The van der Waals surface area contributed by atoms with E-state index in [0.29, 0.717) is 13.1 Å². The van der Waals surface area contributed by atoms with Gasteiger partial charge in [-0.15, -0.1) is 0 Å². The fraction of sp³-hybridized carbons (Fsp3) is 0.538. The van der Waals surface area contributed by atoms with Crippen molar-refractivity contribution in [3.05, 3.63) is 34.6 Å². The first-order chi connectivity index (χ1) is 9.40. The number of halogens is 5. The summed E-state index contributed by atoms with van der Waals surface area (Å²) >= 11 is 0. The number of likely N-dealkylation sites (N-methyl/N-ethyl adjacent to an activating group) is 1. The van der Waals surface area contributed by atoms with Gasteiger partial charge in [0.25, 0.3) is 0 Å². The fourth-order valence-corrected chi connectivity index (χ4v) is 1.71. The molecule has 1 rings (SSSR count). The smallest absolute Gasteiger partial charge is 0.200 e.